The summed E-state index contributed by atoms with van der Waals surface area (Å²) in [7, 11) is 1.93. The maximum Gasteiger partial charge on any atom is 0.242 e. The molecule has 0 bridgehead atoms. The quantitative estimate of drug-likeness (QED) is 0.818. The van der Waals surface area contributed by atoms with Crippen LogP contribution in [-0.2, 0) is 9.59 Å². The second-order valence-corrected chi connectivity index (χ2v) is 7.66. The van der Waals surface area contributed by atoms with Gasteiger partial charge in [-0.15, -0.1) is 0 Å². The summed E-state index contributed by atoms with van der Waals surface area (Å²) in [5.41, 5.74) is 4.06. The Bertz CT molecular complexity index is 825. The molecule has 0 saturated carbocycles. The van der Waals surface area contributed by atoms with E-state index in [1.165, 1.54) is 0 Å². The van der Waals surface area contributed by atoms with Crippen LogP contribution in [0.3, 0.4) is 0 Å². The van der Waals surface area contributed by atoms with E-state index >= 15 is 0 Å². The summed E-state index contributed by atoms with van der Waals surface area (Å²) in [6, 6.07) is 15.9. The molecule has 6 heteroatoms. The summed E-state index contributed by atoms with van der Waals surface area (Å²) in [4.78, 5) is 31.0. The zero-order valence-electron chi connectivity index (χ0n) is 17.5. The van der Waals surface area contributed by atoms with Gasteiger partial charge in [-0.25, -0.2) is 0 Å². The molecule has 2 amide bonds. The minimum Gasteiger partial charge on any atom is -0.365 e. The smallest absolute Gasteiger partial charge is 0.242 e. The van der Waals surface area contributed by atoms with Gasteiger partial charge in [0, 0.05) is 44.6 Å². The molecule has 1 fully saturated rings. The van der Waals surface area contributed by atoms with Crippen LogP contribution in [0, 0.1) is 13.8 Å². The number of nitrogens with one attached hydrogen (secondary N) is 1. The normalized spacial score (nSPS) is 14.5. The molecule has 154 valence electrons. The van der Waals surface area contributed by atoms with Gasteiger partial charge in [0.1, 0.15) is 0 Å². The summed E-state index contributed by atoms with van der Waals surface area (Å²) in [6.45, 7) is 7.42. The van der Waals surface area contributed by atoms with Crippen LogP contribution in [0.4, 0.5) is 11.4 Å². The fourth-order valence-corrected chi connectivity index (χ4v) is 3.63. The number of hydrogen-bond donors (Lipinski definition) is 1. The van der Waals surface area contributed by atoms with E-state index in [0.29, 0.717) is 39.3 Å². The molecule has 6 nitrogen and oxygen atoms in total. The van der Waals surface area contributed by atoms with Crippen molar-refractivity contribution in [2.75, 3.05) is 56.5 Å². The molecule has 0 unspecified atom stereocenters. The Labute approximate surface area is 173 Å². The van der Waals surface area contributed by atoms with Crippen molar-refractivity contribution in [1.82, 2.24) is 9.80 Å². The van der Waals surface area contributed by atoms with E-state index in [1.807, 2.05) is 79.2 Å². The summed E-state index contributed by atoms with van der Waals surface area (Å²) in [5, 5.41) is 3.04. The monoisotopic (exact) mass is 394 g/mol. The second-order valence-electron chi connectivity index (χ2n) is 7.66. The highest BCUT2D eigenvalue weighted by Crippen LogP contribution is 2.19. The number of para-hydroxylation sites is 2. The van der Waals surface area contributed by atoms with Gasteiger partial charge in [-0.3, -0.25) is 14.5 Å². The fraction of sp³-hybridized carbons (Fsp3) is 0.391. The van der Waals surface area contributed by atoms with Crippen LogP contribution >= 0.6 is 0 Å². The number of carbonyl (C=O) groups excluding carboxylic acids is 2. The van der Waals surface area contributed by atoms with E-state index in [1.54, 1.807) is 0 Å². The highest BCUT2D eigenvalue weighted by atomic mass is 16.2. The Kier molecular flexibility index (Phi) is 6.88. The largest absolute Gasteiger partial charge is 0.365 e. The summed E-state index contributed by atoms with van der Waals surface area (Å²) in [5.74, 6) is 0.113. The van der Waals surface area contributed by atoms with Crippen molar-refractivity contribution in [1.29, 1.82) is 0 Å². The summed E-state index contributed by atoms with van der Waals surface area (Å²) >= 11 is 0. The van der Waals surface area contributed by atoms with Crippen LogP contribution in [-0.4, -0.2) is 67.9 Å². The van der Waals surface area contributed by atoms with Crippen LogP contribution in [0.5, 0.6) is 0 Å². The lowest BCUT2D eigenvalue weighted by molar-refractivity contribution is -0.131. The average Bonchev–Trinajstić information content (AvgIpc) is 2.72. The lowest BCUT2D eigenvalue weighted by Crippen LogP contribution is -2.52. The summed E-state index contributed by atoms with van der Waals surface area (Å²) in [6.07, 6.45) is 0. The topological polar surface area (TPSA) is 55.9 Å². The first kappa shape index (κ1) is 20.9. The molecule has 1 N–H and O–H groups in total. The molecule has 1 aliphatic heterocycles. The minimum atomic E-state index is -0.00834. The number of nitrogens with zero attached hydrogens (tertiary/aromatic N) is 3. The van der Waals surface area contributed by atoms with E-state index in [9.17, 15) is 9.59 Å². The van der Waals surface area contributed by atoms with E-state index in [-0.39, 0.29) is 11.8 Å². The Morgan fingerprint density at radius 1 is 0.931 bits per heavy atom. The van der Waals surface area contributed by atoms with Crippen molar-refractivity contribution in [3.8, 4) is 0 Å². The molecule has 1 aliphatic rings. The van der Waals surface area contributed by atoms with E-state index in [2.05, 4.69) is 10.2 Å². The van der Waals surface area contributed by atoms with Crippen molar-refractivity contribution in [2.45, 2.75) is 13.8 Å². The molecule has 0 aliphatic carbocycles. The lowest BCUT2D eigenvalue weighted by atomic mass is 10.1. The van der Waals surface area contributed by atoms with Crippen LogP contribution < -0.4 is 10.2 Å². The fourth-order valence-electron chi connectivity index (χ4n) is 3.63. The van der Waals surface area contributed by atoms with Gasteiger partial charge in [-0.1, -0.05) is 36.4 Å². The third-order valence-electron chi connectivity index (χ3n) is 5.41. The third kappa shape index (κ3) is 5.57. The number of aryl methyl sites for hydroxylation is 2. The van der Waals surface area contributed by atoms with Gasteiger partial charge >= 0.3 is 0 Å². The van der Waals surface area contributed by atoms with Crippen molar-refractivity contribution in [2.24, 2.45) is 0 Å². The predicted octanol–water partition coefficient (Wildman–Crippen LogP) is 2.52. The number of benzene rings is 2. The Balaban J connectivity index is 1.45. The molecule has 2 aromatic carbocycles. The standard InChI is InChI=1S/C23H30N4O2/c1-18-8-7-9-19(2)23(18)24-21(28)16-26-12-14-27(15-13-26)22(29)17-25(3)20-10-5-4-6-11-20/h4-11H,12-17H2,1-3H3,(H,24,28). The van der Waals surface area contributed by atoms with Gasteiger partial charge in [-0.05, 0) is 37.1 Å². The molecule has 1 saturated heterocycles. The van der Waals surface area contributed by atoms with Gasteiger partial charge in [0.05, 0.1) is 13.1 Å². The van der Waals surface area contributed by atoms with Gasteiger partial charge in [-0.2, -0.15) is 0 Å². The zero-order valence-corrected chi connectivity index (χ0v) is 17.5. The molecule has 0 atom stereocenters. The van der Waals surface area contributed by atoms with Crippen LogP contribution in [0.1, 0.15) is 11.1 Å². The molecule has 2 aromatic rings. The highest BCUT2D eigenvalue weighted by molar-refractivity contribution is 5.93. The first-order chi connectivity index (χ1) is 13.9. The molecule has 3 rings (SSSR count). The van der Waals surface area contributed by atoms with Crippen molar-refractivity contribution in [3.63, 3.8) is 0 Å². The molecular weight excluding hydrogens is 364 g/mol. The van der Waals surface area contributed by atoms with Crippen molar-refractivity contribution >= 4 is 23.2 Å². The van der Waals surface area contributed by atoms with E-state index in [0.717, 1.165) is 22.5 Å². The Morgan fingerprint density at radius 3 is 2.17 bits per heavy atom. The third-order valence-corrected chi connectivity index (χ3v) is 5.41. The first-order valence-electron chi connectivity index (χ1n) is 10.1. The van der Waals surface area contributed by atoms with Gasteiger partial charge < -0.3 is 15.1 Å². The van der Waals surface area contributed by atoms with Gasteiger partial charge in [0.25, 0.3) is 0 Å². The number of piperazine rings is 1. The number of amides is 2. The number of hydrogen-bond acceptors (Lipinski definition) is 4. The van der Waals surface area contributed by atoms with E-state index < -0.39 is 0 Å². The molecule has 0 spiro atoms. The van der Waals surface area contributed by atoms with Crippen LogP contribution in [0.15, 0.2) is 48.5 Å². The number of anilines is 2. The van der Waals surface area contributed by atoms with Crippen molar-refractivity contribution < 1.29 is 9.59 Å². The van der Waals surface area contributed by atoms with Gasteiger partial charge in [0.2, 0.25) is 11.8 Å². The highest BCUT2D eigenvalue weighted by Gasteiger charge is 2.23. The molecular formula is C23H30N4O2. The van der Waals surface area contributed by atoms with Gasteiger partial charge in [0.15, 0.2) is 0 Å². The number of likely N-dealkylation sites (N-methyl/N-ethyl adjacent to an activating group) is 1. The number of rotatable bonds is 6. The molecule has 1 heterocycles. The zero-order chi connectivity index (χ0) is 20.8. The number of carbonyl (C=O) groups is 2. The maximum absolute atomic E-state index is 12.6. The van der Waals surface area contributed by atoms with Crippen molar-refractivity contribution in [3.05, 3.63) is 59.7 Å². The minimum absolute atomic E-state index is 0.00834. The average molecular weight is 395 g/mol. The molecule has 0 aromatic heterocycles. The predicted molar refractivity (Wildman–Crippen MR) is 117 cm³/mol. The van der Waals surface area contributed by atoms with Crippen LogP contribution in [0.25, 0.3) is 0 Å². The molecule has 0 radical (unpaired) electrons. The van der Waals surface area contributed by atoms with E-state index in [4.69, 9.17) is 0 Å². The second kappa shape index (κ2) is 9.56. The molecule has 29 heavy (non-hydrogen) atoms. The maximum atomic E-state index is 12.6. The lowest BCUT2D eigenvalue weighted by Gasteiger charge is -2.35. The first-order valence-corrected chi connectivity index (χ1v) is 10.1. The SMILES string of the molecule is Cc1cccc(C)c1NC(=O)CN1CCN(C(=O)CN(C)c2ccccc2)CC1. The Morgan fingerprint density at radius 2 is 1.55 bits per heavy atom. The Hall–Kier alpha value is -2.86. The van der Waals surface area contributed by atoms with Crippen LogP contribution in [0.2, 0.25) is 0 Å². The summed E-state index contributed by atoms with van der Waals surface area (Å²) < 4.78 is 0.